The lowest BCUT2D eigenvalue weighted by molar-refractivity contribution is 0.413. The van der Waals surface area contributed by atoms with Gasteiger partial charge in [0.2, 0.25) is 0 Å². The van der Waals surface area contributed by atoms with Crippen molar-refractivity contribution in [3.63, 3.8) is 0 Å². The number of halogens is 7. The van der Waals surface area contributed by atoms with E-state index >= 15 is 0 Å². The predicted octanol–water partition coefficient (Wildman–Crippen LogP) is 23.9. The first-order valence-corrected chi connectivity index (χ1v) is 43.2. The van der Waals surface area contributed by atoms with Gasteiger partial charge in [-0.05, 0) is 177 Å². The Morgan fingerprint density at radius 1 is 0.415 bits per heavy atom. The molecule has 6 heterocycles. The van der Waals surface area contributed by atoms with Crippen LogP contribution in [0.15, 0.2) is 252 Å². The number of sulfone groups is 3. The van der Waals surface area contributed by atoms with Crippen LogP contribution in [0.2, 0.25) is 34.0 Å². The highest BCUT2D eigenvalue weighted by molar-refractivity contribution is 9.10. The van der Waals surface area contributed by atoms with Gasteiger partial charge in [-0.25, -0.2) is 38.4 Å². The summed E-state index contributed by atoms with van der Waals surface area (Å²) in [5, 5.41) is 14.5. The maximum Gasteiger partial charge on any atom is 0.184 e. The van der Waals surface area contributed by atoms with Crippen molar-refractivity contribution < 1.29 is 66.2 Å². The topological polar surface area (TPSA) is 247 Å². The quantitative estimate of drug-likeness (QED) is 0.0452. The minimum Gasteiger partial charge on any atom is -0.496 e. The second-order valence-electron chi connectivity index (χ2n) is 26.8. The number of pyridine rings is 3. The third-order valence-corrected chi connectivity index (χ3v) is 26.0. The molecule has 1 atom stereocenters. The molecular formula is C88H81BBrCl3F3N6O12PS3. The summed E-state index contributed by atoms with van der Waals surface area (Å²) in [6, 6.07) is 48.2. The number of aromatic nitrogens is 6. The second-order valence-corrected chi connectivity index (χ2v) is 34.9. The lowest BCUT2D eigenvalue weighted by atomic mass is 9.44. The monoisotopic (exact) mass is 1790 g/mol. The van der Waals surface area contributed by atoms with Crippen LogP contribution in [0, 0.1) is 24.4 Å². The average Bonchev–Trinajstić information content (AvgIpc) is 0.950. The van der Waals surface area contributed by atoms with Gasteiger partial charge in [0.15, 0.2) is 29.5 Å². The van der Waals surface area contributed by atoms with Crippen LogP contribution < -0.4 is 14.2 Å². The van der Waals surface area contributed by atoms with Crippen molar-refractivity contribution in [1.29, 1.82) is 0 Å². The standard InChI is InChI=1S/C28H22ClFN2O4S.C27H20ClFN2O4S.C26H17BrClFN2O4S.C6H15B.CH4.H3P/c1-3-17-15-31-26-12-21(37(33,34)16-20-9-10-36-32-20)7-8-22(26)28(17)24-13-25(29)23(14-27(24)35-2)18-5-4-6-19(30)11-18;1-16-14-30-25-11-20(36(32,33)15-19-8-9-35-31-19)6-7-21(25)27(16)23-12-24(28)22(13-26(23)34-2)17-4-3-5-18(29)10-17;1-34-25-12-20(15-3-2-4-16(29)9-15)23(28)11-21(25)26-19-6-5-18(10-24(19)30-13-22(26)27)36(32,33)14-17-7-8-35-31-17;1-4-7(5-2)6-3;;/h4-15H,3,16H2,1-2H3;3-14H,15H2,1-2H3;2-13H,14H2,1H3;4-6H2,1-3H3;1H4;1H3. The number of hydrogen-bond donors (Lipinski definition) is 0. The molecule has 0 radical (unpaired) electrons. The number of fused-ring (bicyclic) bond motifs is 3. The molecule has 0 aliphatic carbocycles. The molecule has 9 aromatic carbocycles. The Bertz CT molecular complexity index is 6220. The predicted molar refractivity (Wildman–Crippen MR) is 471 cm³/mol. The van der Waals surface area contributed by atoms with Crippen LogP contribution in [0.25, 0.3) is 99.5 Å². The molecule has 0 bridgehead atoms. The highest BCUT2D eigenvalue weighted by atomic mass is 79.9. The number of ether oxygens (including phenoxy) is 3. The first kappa shape index (κ1) is 90.1. The molecule has 0 spiro atoms. The Morgan fingerprint density at radius 2 is 0.746 bits per heavy atom. The maximum absolute atomic E-state index is 13.9. The highest BCUT2D eigenvalue weighted by Gasteiger charge is 2.27. The third kappa shape index (κ3) is 20.5. The van der Waals surface area contributed by atoms with Crippen molar-refractivity contribution in [3.05, 3.63) is 285 Å². The van der Waals surface area contributed by atoms with E-state index in [4.69, 9.17) is 62.6 Å². The van der Waals surface area contributed by atoms with Gasteiger partial charge in [-0.15, -0.1) is 0 Å². The fourth-order valence-corrected chi connectivity index (χ4v) is 18.6. The van der Waals surface area contributed by atoms with Gasteiger partial charge in [-0.2, -0.15) is 9.90 Å². The Labute approximate surface area is 710 Å². The van der Waals surface area contributed by atoms with Gasteiger partial charge in [0.25, 0.3) is 0 Å². The van der Waals surface area contributed by atoms with Gasteiger partial charge in [0.1, 0.15) is 77.5 Å². The van der Waals surface area contributed by atoms with E-state index in [0.29, 0.717) is 127 Å². The molecule has 0 N–H and O–H groups in total. The number of benzene rings is 9. The molecule has 118 heavy (non-hydrogen) atoms. The maximum atomic E-state index is 13.9. The van der Waals surface area contributed by atoms with E-state index in [0.717, 1.165) is 50.9 Å². The largest absolute Gasteiger partial charge is 0.496 e. The molecule has 0 aliphatic heterocycles. The van der Waals surface area contributed by atoms with Crippen molar-refractivity contribution in [2.45, 2.75) is 99.4 Å². The number of rotatable bonds is 22. The molecule has 6 aromatic heterocycles. The van der Waals surface area contributed by atoms with E-state index in [1.165, 1.54) is 112 Å². The van der Waals surface area contributed by atoms with Crippen LogP contribution in [0.5, 0.6) is 17.2 Å². The fourth-order valence-electron chi connectivity index (χ4n) is 13.5. The van der Waals surface area contributed by atoms with Gasteiger partial charge in [0.05, 0.1) is 69.6 Å². The SMILES string of the molecule is C.CCB(CC)CC.CCc1cnc2cc(S(=O)(=O)Cc3ccon3)ccc2c1-c1cc(Cl)c(-c2cccc(F)c2)cc1OC.COc1cc(-c2cccc(F)c2)c(Cl)cc1-c1c(Br)cnc2cc(S(=O)(=O)Cc3ccon3)ccc12.COc1cc(-c2cccc(F)c2)c(Cl)cc1-c1c(C)cnc2cc(S(=O)(=O)Cc3ccon3)ccc12.P. The van der Waals surface area contributed by atoms with Crippen LogP contribution in [0.1, 0.15) is 63.3 Å². The van der Waals surface area contributed by atoms with Crippen LogP contribution in [0.3, 0.4) is 0 Å². The Hall–Kier alpha value is -10.3. The lowest BCUT2D eigenvalue weighted by Crippen LogP contribution is -2.05. The normalized spacial score (nSPS) is 11.3. The fraction of sp³-hybridized carbons (Fsp3) is 0.182. The Morgan fingerprint density at radius 3 is 1.07 bits per heavy atom. The van der Waals surface area contributed by atoms with Crippen molar-refractivity contribution in [1.82, 2.24) is 30.4 Å². The molecular weight excluding hydrogens is 1710 g/mol. The van der Waals surface area contributed by atoms with E-state index in [2.05, 4.69) is 67.1 Å². The summed E-state index contributed by atoms with van der Waals surface area (Å²) >= 11 is 23.6. The first-order chi connectivity index (χ1) is 55.7. The molecule has 15 rings (SSSR count). The number of methoxy groups -OCH3 is 3. The summed E-state index contributed by atoms with van der Waals surface area (Å²) in [5.41, 5.74) is 12.5. The summed E-state index contributed by atoms with van der Waals surface area (Å²) in [7, 11) is -6.35. The summed E-state index contributed by atoms with van der Waals surface area (Å²) in [6.45, 7) is 11.7. The number of hydrogen-bond acceptors (Lipinski definition) is 18. The zero-order valence-electron chi connectivity index (χ0n) is 64.5. The summed E-state index contributed by atoms with van der Waals surface area (Å²) in [5.74, 6) is -0.345. The lowest BCUT2D eigenvalue weighted by Gasteiger charge is -2.18. The molecule has 610 valence electrons. The molecule has 15 aromatic rings. The minimum absolute atomic E-state index is 0. The smallest absolute Gasteiger partial charge is 0.184 e. The summed E-state index contributed by atoms with van der Waals surface area (Å²) in [4.78, 5) is 13.8. The van der Waals surface area contributed by atoms with Gasteiger partial charge in [0, 0.05) is 111 Å². The third-order valence-electron chi connectivity index (χ3n) is 19.5. The van der Waals surface area contributed by atoms with Crippen LogP contribution >= 0.6 is 60.6 Å². The van der Waals surface area contributed by atoms with E-state index in [1.807, 2.05) is 13.8 Å². The zero-order valence-corrected chi connectivity index (χ0v) is 72.2. The van der Waals surface area contributed by atoms with E-state index in [9.17, 15) is 38.4 Å². The van der Waals surface area contributed by atoms with Crippen molar-refractivity contribution in [2.75, 3.05) is 21.3 Å². The van der Waals surface area contributed by atoms with Crippen molar-refractivity contribution in [2.24, 2.45) is 0 Å². The molecule has 18 nitrogen and oxygen atoms in total. The molecule has 0 aliphatic rings. The van der Waals surface area contributed by atoms with Gasteiger partial charge in [-0.1, -0.05) is 159 Å². The highest BCUT2D eigenvalue weighted by Crippen LogP contribution is 2.48. The minimum atomic E-state index is -3.67. The average molecular weight is 1800 g/mol. The molecule has 0 fully saturated rings. The molecule has 0 saturated carbocycles. The van der Waals surface area contributed by atoms with Crippen LogP contribution in [0.4, 0.5) is 13.2 Å². The summed E-state index contributed by atoms with van der Waals surface area (Å²) in [6.07, 6.45) is 13.8. The number of aryl methyl sites for hydroxylation is 2. The van der Waals surface area contributed by atoms with Crippen molar-refractivity contribution in [3.8, 4) is 84.0 Å². The Balaban J connectivity index is 0.000000177. The van der Waals surface area contributed by atoms with Gasteiger partial charge in [-0.3, -0.25) is 15.0 Å². The Kier molecular flexibility index (Phi) is 30.2. The van der Waals surface area contributed by atoms with E-state index in [-0.39, 0.29) is 66.7 Å². The molecule has 0 amide bonds. The first-order valence-electron chi connectivity index (χ1n) is 36.4. The van der Waals surface area contributed by atoms with E-state index in [1.54, 1.807) is 148 Å². The van der Waals surface area contributed by atoms with Gasteiger partial charge < -0.3 is 27.8 Å². The molecule has 0 saturated heterocycles. The van der Waals surface area contributed by atoms with Crippen molar-refractivity contribution >= 4 is 130 Å². The van der Waals surface area contributed by atoms with Gasteiger partial charge >= 0.3 is 0 Å². The van der Waals surface area contributed by atoms with Crippen LogP contribution in [-0.2, 0) is 53.2 Å². The van der Waals surface area contributed by atoms with Crippen LogP contribution in [-0.4, -0.2) is 83.7 Å². The molecule has 30 heteroatoms. The summed E-state index contributed by atoms with van der Waals surface area (Å²) < 4.78 is 151. The van der Waals surface area contributed by atoms with E-state index < -0.39 is 29.5 Å². The molecule has 1 unspecified atom stereocenters. The second kappa shape index (κ2) is 39.5. The number of nitrogens with zero attached hydrogens (tertiary/aromatic N) is 6. The zero-order chi connectivity index (χ0) is 82.8.